The highest BCUT2D eigenvalue weighted by Crippen LogP contribution is 2.35. The van der Waals surface area contributed by atoms with E-state index in [9.17, 15) is 8.42 Å². The number of rotatable bonds is 6. The van der Waals surface area contributed by atoms with Crippen molar-refractivity contribution < 1.29 is 13.5 Å². The molecule has 0 bridgehead atoms. The molecule has 0 aromatic rings. The predicted octanol–water partition coefficient (Wildman–Crippen LogP) is 0.0596. The van der Waals surface area contributed by atoms with Crippen LogP contribution in [0.2, 0.25) is 0 Å². The van der Waals surface area contributed by atoms with Crippen molar-refractivity contribution >= 4 is 21.6 Å². The molecule has 78 valence electrons. The van der Waals surface area contributed by atoms with E-state index in [4.69, 9.17) is 16.7 Å². The summed E-state index contributed by atoms with van der Waals surface area (Å²) >= 11 is 5.39. The van der Waals surface area contributed by atoms with Crippen LogP contribution in [0.1, 0.15) is 19.3 Å². The molecule has 6 heteroatoms. The number of nitrogens with one attached hydrogen (secondary N) is 1. The van der Waals surface area contributed by atoms with Crippen LogP contribution in [-0.4, -0.2) is 37.3 Å². The average molecular weight is 228 g/mol. The molecule has 1 saturated carbocycles. The minimum absolute atomic E-state index is 0.0399. The topological polar surface area (TPSA) is 66.4 Å². The van der Waals surface area contributed by atoms with Crippen LogP contribution in [0.3, 0.4) is 0 Å². The molecule has 0 aromatic carbocycles. The van der Waals surface area contributed by atoms with E-state index in [1.165, 1.54) is 0 Å². The molecule has 2 N–H and O–H groups in total. The first-order chi connectivity index (χ1) is 6.04. The molecule has 0 radical (unpaired) electrons. The van der Waals surface area contributed by atoms with Crippen LogP contribution < -0.4 is 4.72 Å². The Morgan fingerprint density at radius 3 is 2.46 bits per heavy atom. The first kappa shape index (κ1) is 11.2. The maximum Gasteiger partial charge on any atom is 0.212 e. The lowest BCUT2D eigenvalue weighted by atomic mass is 10.3. The quantitative estimate of drug-likeness (QED) is 0.631. The van der Waals surface area contributed by atoms with E-state index in [2.05, 4.69) is 4.72 Å². The standard InChI is InChI=1S/C7H14ClNO3S/c8-4-1-5-13(11,12)9-7(6-10)2-3-7/h9-10H,1-6H2. The van der Waals surface area contributed by atoms with Gasteiger partial charge in [0.1, 0.15) is 0 Å². The Morgan fingerprint density at radius 1 is 1.46 bits per heavy atom. The molecular formula is C7H14ClNO3S. The molecule has 0 saturated heterocycles. The maximum absolute atomic E-state index is 11.3. The van der Waals surface area contributed by atoms with E-state index < -0.39 is 15.6 Å². The fourth-order valence-electron chi connectivity index (χ4n) is 1.07. The van der Waals surface area contributed by atoms with E-state index in [1.54, 1.807) is 0 Å². The zero-order chi connectivity index (χ0) is 9.95. The fourth-order valence-corrected chi connectivity index (χ4v) is 2.92. The van der Waals surface area contributed by atoms with Gasteiger partial charge in [0.15, 0.2) is 0 Å². The smallest absolute Gasteiger partial charge is 0.212 e. The van der Waals surface area contributed by atoms with Crippen LogP contribution in [0.4, 0.5) is 0 Å². The summed E-state index contributed by atoms with van der Waals surface area (Å²) in [7, 11) is -3.25. The van der Waals surface area contributed by atoms with Gasteiger partial charge in [-0.15, -0.1) is 11.6 Å². The van der Waals surface area contributed by atoms with Crippen molar-refractivity contribution in [2.75, 3.05) is 18.2 Å². The molecule has 4 nitrogen and oxygen atoms in total. The largest absolute Gasteiger partial charge is 0.394 e. The van der Waals surface area contributed by atoms with Gasteiger partial charge >= 0.3 is 0 Å². The molecular weight excluding hydrogens is 214 g/mol. The Labute approximate surface area is 83.3 Å². The Balaban J connectivity index is 2.43. The summed E-state index contributed by atoms with van der Waals surface area (Å²) < 4.78 is 25.1. The highest BCUT2D eigenvalue weighted by molar-refractivity contribution is 7.89. The number of alkyl halides is 1. The maximum atomic E-state index is 11.3. The van der Waals surface area contributed by atoms with Gasteiger partial charge in [0, 0.05) is 5.88 Å². The van der Waals surface area contributed by atoms with Crippen LogP contribution in [-0.2, 0) is 10.0 Å². The van der Waals surface area contributed by atoms with Gasteiger partial charge < -0.3 is 5.11 Å². The molecule has 0 heterocycles. The Morgan fingerprint density at radius 2 is 2.08 bits per heavy atom. The van der Waals surface area contributed by atoms with E-state index in [0.717, 1.165) is 12.8 Å². The lowest BCUT2D eigenvalue weighted by molar-refractivity contribution is 0.246. The van der Waals surface area contributed by atoms with Gasteiger partial charge in [0.25, 0.3) is 0 Å². The number of hydrogen-bond donors (Lipinski definition) is 2. The third-order valence-corrected chi connectivity index (χ3v) is 3.91. The third kappa shape index (κ3) is 3.42. The van der Waals surface area contributed by atoms with E-state index in [-0.39, 0.29) is 12.4 Å². The Hall–Kier alpha value is 0.160. The van der Waals surface area contributed by atoms with Gasteiger partial charge in [0.05, 0.1) is 17.9 Å². The lowest BCUT2D eigenvalue weighted by Gasteiger charge is -2.13. The summed E-state index contributed by atoms with van der Waals surface area (Å²) in [5.74, 6) is 0.380. The normalized spacial score (nSPS) is 20.2. The molecule has 1 aliphatic rings. The van der Waals surface area contributed by atoms with Crippen molar-refractivity contribution in [3.05, 3.63) is 0 Å². The zero-order valence-corrected chi connectivity index (χ0v) is 8.86. The first-order valence-electron chi connectivity index (χ1n) is 4.22. The van der Waals surface area contributed by atoms with Gasteiger partial charge in [-0.1, -0.05) is 0 Å². The second-order valence-electron chi connectivity index (χ2n) is 3.40. The number of sulfonamides is 1. The second-order valence-corrected chi connectivity index (χ2v) is 5.62. The summed E-state index contributed by atoms with van der Waals surface area (Å²) in [5, 5.41) is 8.89. The Bertz CT molecular complexity index is 261. The van der Waals surface area contributed by atoms with Crippen LogP contribution in [0, 0.1) is 0 Å². The Kier molecular flexibility index (Phi) is 3.57. The van der Waals surface area contributed by atoms with Gasteiger partial charge in [0.2, 0.25) is 10.0 Å². The average Bonchev–Trinajstić information content (AvgIpc) is 2.81. The lowest BCUT2D eigenvalue weighted by Crippen LogP contribution is -2.40. The minimum atomic E-state index is -3.25. The van der Waals surface area contributed by atoms with Crippen LogP contribution in [0.15, 0.2) is 0 Å². The van der Waals surface area contributed by atoms with Crippen molar-refractivity contribution in [1.82, 2.24) is 4.72 Å². The van der Waals surface area contributed by atoms with Crippen molar-refractivity contribution in [1.29, 1.82) is 0 Å². The molecule has 0 unspecified atom stereocenters. The van der Waals surface area contributed by atoms with Crippen molar-refractivity contribution in [2.24, 2.45) is 0 Å². The molecule has 0 amide bonds. The number of hydrogen-bond acceptors (Lipinski definition) is 3. The minimum Gasteiger partial charge on any atom is -0.394 e. The number of halogens is 1. The molecule has 1 aliphatic carbocycles. The van der Waals surface area contributed by atoms with Crippen molar-refractivity contribution in [2.45, 2.75) is 24.8 Å². The summed E-state index contributed by atoms with van der Waals surface area (Å²) in [6.45, 7) is -0.118. The van der Waals surface area contributed by atoms with E-state index in [1.807, 2.05) is 0 Å². The number of aliphatic hydroxyl groups excluding tert-OH is 1. The monoisotopic (exact) mass is 227 g/mol. The van der Waals surface area contributed by atoms with Gasteiger partial charge in [-0.05, 0) is 19.3 Å². The van der Waals surface area contributed by atoms with Crippen LogP contribution >= 0.6 is 11.6 Å². The highest BCUT2D eigenvalue weighted by atomic mass is 35.5. The third-order valence-electron chi connectivity index (χ3n) is 2.07. The summed E-state index contributed by atoms with van der Waals surface area (Å²) in [5.41, 5.74) is -0.550. The van der Waals surface area contributed by atoms with E-state index >= 15 is 0 Å². The molecule has 13 heavy (non-hydrogen) atoms. The van der Waals surface area contributed by atoms with Gasteiger partial charge in [-0.25, -0.2) is 13.1 Å². The van der Waals surface area contributed by atoms with Crippen LogP contribution in [0.5, 0.6) is 0 Å². The highest BCUT2D eigenvalue weighted by Gasteiger charge is 2.44. The predicted molar refractivity (Wildman–Crippen MR) is 51.3 cm³/mol. The summed E-state index contributed by atoms with van der Waals surface area (Å²) in [6, 6.07) is 0. The molecule has 1 fully saturated rings. The van der Waals surface area contributed by atoms with Crippen molar-refractivity contribution in [3.63, 3.8) is 0 Å². The number of aliphatic hydroxyl groups is 1. The molecule has 1 rings (SSSR count). The first-order valence-corrected chi connectivity index (χ1v) is 6.41. The van der Waals surface area contributed by atoms with Crippen LogP contribution in [0.25, 0.3) is 0 Å². The molecule has 0 atom stereocenters. The molecule has 0 aromatic heterocycles. The van der Waals surface area contributed by atoms with E-state index in [0.29, 0.717) is 12.3 Å². The molecule has 0 aliphatic heterocycles. The molecule has 0 spiro atoms. The summed E-state index contributed by atoms with van der Waals surface area (Å²) in [4.78, 5) is 0. The SMILES string of the molecule is O=S(=O)(CCCCl)NC1(CO)CC1. The second kappa shape index (κ2) is 4.13. The van der Waals surface area contributed by atoms with Crippen molar-refractivity contribution in [3.8, 4) is 0 Å². The fraction of sp³-hybridized carbons (Fsp3) is 1.00. The van der Waals surface area contributed by atoms with Gasteiger partial charge in [-0.2, -0.15) is 0 Å². The van der Waals surface area contributed by atoms with Gasteiger partial charge in [-0.3, -0.25) is 0 Å². The summed E-state index contributed by atoms with van der Waals surface area (Å²) in [6.07, 6.45) is 1.89. The zero-order valence-electron chi connectivity index (χ0n) is 7.29.